The lowest BCUT2D eigenvalue weighted by molar-refractivity contribution is 0.0649. The highest BCUT2D eigenvalue weighted by Gasteiger charge is 2.28. The smallest absolute Gasteiger partial charge is 0.123 e. The van der Waals surface area contributed by atoms with Crippen LogP contribution < -0.4 is 4.90 Å². The van der Waals surface area contributed by atoms with Crippen molar-refractivity contribution in [1.29, 1.82) is 0 Å². The second kappa shape index (κ2) is 10.7. The summed E-state index contributed by atoms with van der Waals surface area (Å²) in [6.07, 6.45) is 9.82. The molecule has 0 amide bonds. The fourth-order valence-corrected chi connectivity index (χ4v) is 4.75. The maximum absolute atomic E-state index is 13.6. The second-order valence-corrected chi connectivity index (χ2v) is 9.70. The van der Waals surface area contributed by atoms with Gasteiger partial charge in [-0.15, -0.1) is 0 Å². The molecule has 0 saturated carbocycles. The first-order valence-corrected chi connectivity index (χ1v) is 12.2. The lowest BCUT2D eigenvalue weighted by Crippen LogP contribution is -2.36. The van der Waals surface area contributed by atoms with E-state index in [2.05, 4.69) is 74.0 Å². The largest absolute Gasteiger partial charge is 0.372 e. The zero-order chi connectivity index (χ0) is 23.4. The molecule has 2 aromatic carbocycles. The first-order chi connectivity index (χ1) is 15.9. The topological polar surface area (TPSA) is 15.7 Å². The van der Waals surface area contributed by atoms with Gasteiger partial charge < -0.3 is 14.5 Å². The molecule has 33 heavy (non-hydrogen) atoms. The Labute approximate surface area is 198 Å². The van der Waals surface area contributed by atoms with Crippen molar-refractivity contribution in [3.63, 3.8) is 0 Å². The van der Waals surface area contributed by atoms with Crippen molar-refractivity contribution in [2.75, 3.05) is 31.6 Å². The van der Waals surface area contributed by atoms with Gasteiger partial charge in [0.15, 0.2) is 0 Å². The third-order valence-corrected chi connectivity index (χ3v) is 7.04. The Hall–Kier alpha value is -2.43. The predicted octanol–water partition coefficient (Wildman–Crippen LogP) is 6.24. The molecular weight excluding hydrogens is 411 g/mol. The highest BCUT2D eigenvalue weighted by atomic mass is 19.1. The average Bonchev–Trinajstić information content (AvgIpc) is 2.80. The maximum atomic E-state index is 13.6. The molecule has 0 aromatic heterocycles. The number of anilines is 1. The molecule has 4 heteroatoms. The zero-order valence-electron chi connectivity index (χ0n) is 20.4. The summed E-state index contributed by atoms with van der Waals surface area (Å²) in [4.78, 5) is 4.75. The molecule has 0 fully saturated rings. The van der Waals surface area contributed by atoms with Gasteiger partial charge in [-0.3, -0.25) is 0 Å². The van der Waals surface area contributed by atoms with Crippen LogP contribution in [0.5, 0.6) is 0 Å². The van der Waals surface area contributed by atoms with Crippen LogP contribution in [0.2, 0.25) is 0 Å². The molecule has 0 spiro atoms. The van der Waals surface area contributed by atoms with Gasteiger partial charge in [0.05, 0.1) is 18.8 Å². The number of benzene rings is 2. The number of rotatable bonds is 8. The van der Waals surface area contributed by atoms with E-state index in [1.807, 2.05) is 12.1 Å². The number of halogens is 1. The molecule has 2 unspecified atom stereocenters. The third kappa shape index (κ3) is 5.93. The van der Waals surface area contributed by atoms with Crippen LogP contribution in [0.25, 0.3) is 0 Å². The third-order valence-electron chi connectivity index (χ3n) is 7.04. The normalized spacial score (nSPS) is 20.3. The van der Waals surface area contributed by atoms with Gasteiger partial charge in [0.25, 0.3) is 0 Å². The number of hydrogen-bond acceptors (Lipinski definition) is 3. The van der Waals surface area contributed by atoms with E-state index in [-0.39, 0.29) is 18.0 Å². The Bertz CT molecular complexity index is 995. The van der Waals surface area contributed by atoms with Crippen molar-refractivity contribution in [3.05, 3.63) is 88.8 Å². The molecule has 1 aliphatic heterocycles. The minimum atomic E-state index is -0.188. The quantitative estimate of drug-likeness (QED) is 0.475. The minimum absolute atomic E-state index is 0.156. The monoisotopic (exact) mass is 448 g/mol. The van der Waals surface area contributed by atoms with Gasteiger partial charge in [0.2, 0.25) is 0 Å². The van der Waals surface area contributed by atoms with Gasteiger partial charge in [0.1, 0.15) is 5.82 Å². The summed E-state index contributed by atoms with van der Waals surface area (Å²) in [6.45, 7) is 9.21. The lowest BCUT2D eigenvalue weighted by atomic mass is 9.86. The Kier molecular flexibility index (Phi) is 7.67. The van der Waals surface area contributed by atoms with Crippen molar-refractivity contribution in [1.82, 2.24) is 4.90 Å². The molecule has 3 nitrogen and oxygen atoms in total. The molecule has 0 saturated heterocycles. The molecule has 0 radical (unpaired) electrons. The average molecular weight is 449 g/mol. The molecular formula is C29H37FN2O. The second-order valence-electron chi connectivity index (χ2n) is 9.70. The van der Waals surface area contributed by atoms with E-state index >= 15 is 0 Å². The van der Waals surface area contributed by atoms with E-state index in [0.29, 0.717) is 6.04 Å². The van der Waals surface area contributed by atoms with E-state index in [0.717, 1.165) is 44.6 Å². The fraction of sp³-hybridized carbons (Fsp3) is 0.448. The highest BCUT2D eigenvalue weighted by Crippen LogP contribution is 2.39. The molecule has 2 aliphatic rings. The van der Waals surface area contributed by atoms with Crippen LogP contribution in [0.3, 0.4) is 0 Å². The van der Waals surface area contributed by atoms with E-state index in [1.54, 1.807) is 12.1 Å². The summed E-state index contributed by atoms with van der Waals surface area (Å²) in [7, 11) is 2.14. The molecule has 4 rings (SSSR count). The van der Waals surface area contributed by atoms with Crippen molar-refractivity contribution in [3.8, 4) is 0 Å². The summed E-state index contributed by atoms with van der Waals surface area (Å²) in [5.41, 5.74) is 6.57. The van der Waals surface area contributed by atoms with Crippen LogP contribution in [0.1, 0.15) is 49.4 Å². The predicted molar refractivity (Wildman–Crippen MR) is 135 cm³/mol. The number of aryl methyl sites for hydroxylation is 1. The summed E-state index contributed by atoms with van der Waals surface area (Å²) in [5.74, 6) is -0.188. The summed E-state index contributed by atoms with van der Waals surface area (Å²) < 4.78 is 19.7. The number of hydrogen-bond donors (Lipinski definition) is 0. The first kappa shape index (κ1) is 23.7. The maximum Gasteiger partial charge on any atom is 0.123 e. The highest BCUT2D eigenvalue weighted by molar-refractivity contribution is 5.53. The molecule has 2 atom stereocenters. The van der Waals surface area contributed by atoms with Gasteiger partial charge in [-0.1, -0.05) is 42.0 Å². The van der Waals surface area contributed by atoms with E-state index in [1.165, 1.54) is 22.3 Å². The number of allylic oxidation sites excluding steroid dienone is 1. The Morgan fingerprint density at radius 1 is 1.15 bits per heavy atom. The summed E-state index contributed by atoms with van der Waals surface area (Å²) >= 11 is 0. The molecule has 1 heterocycles. The van der Waals surface area contributed by atoms with Gasteiger partial charge in [-0.2, -0.15) is 0 Å². The first-order valence-electron chi connectivity index (χ1n) is 12.2. The van der Waals surface area contributed by atoms with Crippen LogP contribution >= 0.6 is 0 Å². The van der Waals surface area contributed by atoms with Crippen molar-refractivity contribution in [2.45, 2.75) is 58.2 Å². The number of ether oxygens (including phenoxy) is 1. The summed E-state index contributed by atoms with van der Waals surface area (Å²) in [6, 6.07) is 14.5. The van der Waals surface area contributed by atoms with E-state index in [9.17, 15) is 4.39 Å². The minimum Gasteiger partial charge on any atom is -0.372 e. The van der Waals surface area contributed by atoms with Gasteiger partial charge in [-0.25, -0.2) is 4.39 Å². The Balaban J connectivity index is 1.46. The number of nitrogens with zero attached hydrogens (tertiary/aromatic N) is 2. The van der Waals surface area contributed by atoms with Crippen molar-refractivity contribution in [2.24, 2.45) is 0 Å². The number of fused-ring (bicyclic) bond motifs is 1. The van der Waals surface area contributed by atoms with Crippen LogP contribution in [0.4, 0.5) is 10.1 Å². The summed E-state index contributed by atoms with van der Waals surface area (Å²) in [5, 5.41) is 0. The van der Waals surface area contributed by atoms with Crippen molar-refractivity contribution >= 4 is 5.69 Å². The van der Waals surface area contributed by atoms with E-state index in [4.69, 9.17) is 4.74 Å². The Morgan fingerprint density at radius 2 is 1.94 bits per heavy atom. The molecule has 0 N–H and O–H groups in total. The van der Waals surface area contributed by atoms with Gasteiger partial charge >= 0.3 is 0 Å². The van der Waals surface area contributed by atoms with Crippen LogP contribution in [0.15, 0.2) is 66.3 Å². The molecule has 2 aromatic rings. The number of likely N-dealkylation sites (N-methyl/N-ethyl adjacent to an activating group) is 1. The van der Waals surface area contributed by atoms with Crippen LogP contribution in [0, 0.1) is 12.7 Å². The SMILES string of the molecule is Cc1ccc2c(c1)CCN(c1ccc(F)cc1)C2CC1=CCC(OCCN(C)C(C)C)C=C1. The zero-order valence-corrected chi connectivity index (χ0v) is 20.4. The lowest BCUT2D eigenvalue weighted by Gasteiger charge is -2.40. The van der Waals surface area contributed by atoms with Gasteiger partial charge in [-0.05, 0) is 88.0 Å². The van der Waals surface area contributed by atoms with Gasteiger partial charge in [0, 0.05) is 24.8 Å². The Morgan fingerprint density at radius 3 is 2.64 bits per heavy atom. The molecule has 176 valence electrons. The standard InChI is InChI=1S/C29H37FN2O/c1-21(2)31(4)17-18-33-27-12-6-23(7-13-27)20-29-28-14-5-22(3)19-24(28)15-16-32(29)26-10-8-25(30)9-11-26/h5-12,14,19,21,27,29H,13,15-18,20H2,1-4H3. The fourth-order valence-electron chi connectivity index (χ4n) is 4.75. The molecule has 0 bridgehead atoms. The molecule has 1 aliphatic carbocycles. The van der Waals surface area contributed by atoms with Crippen LogP contribution in [-0.2, 0) is 11.2 Å². The van der Waals surface area contributed by atoms with Crippen LogP contribution in [-0.4, -0.2) is 43.8 Å². The van der Waals surface area contributed by atoms with E-state index < -0.39 is 0 Å². The van der Waals surface area contributed by atoms with Crippen molar-refractivity contribution < 1.29 is 9.13 Å².